The Kier molecular flexibility index (Phi) is 3.90. The summed E-state index contributed by atoms with van der Waals surface area (Å²) >= 11 is 0. The Morgan fingerprint density at radius 2 is 1.96 bits per heavy atom. The molecule has 1 atom stereocenters. The van der Waals surface area contributed by atoms with Crippen LogP contribution in [0.15, 0.2) is 30.7 Å². The number of hydrogen-bond donors (Lipinski definition) is 2. The Labute approximate surface area is 162 Å². The van der Waals surface area contributed by atoms with Crippen molar-refractivity contribution in [3.63, 3.8) is 0 Å². The molecule has 1 unspecified atom stereocenters. The molecule has 5 heterocycles. The number of aliphatic hydroxyl groups is 1. The summed E-state index contributed by atoms with van der Waals surface area (Å²) in [5.74, 6) is 0. The highest BCUT2D eigenvalue weighted by molar-refractivity contribution is 6.10. The zero-order valence-corrected chi connectivity index (χ0v) is 15.9. The average molecular weight is 380 g/mol. The number of fused-ring (bicyclic) bond motifs is 3. The van der Waals surface area contributed by atoms with Crippen LogP contribution in [0.5, 0.6) is 0 Å². The quantitative estimate of drug-likeness (QED) is 0.672. The number of likely N-dealkylation sites (tertiary alicyclic amines) is 1. The summed E-state index contributed by atoms with van der Waals surface area (Å²) in [4.78, 5) is 30.8. The predicted octanol–water partition coefficient (Wildman–Crippen LogP) is 1.81. The number of aromatic amines is 1. The molecule has 5 rings (SSSR count). The van der Waals surface area contributed by atoms with Crippen LogP contribution in [-0.2, 0) is 0 Å². The fourth-order valence-corrected chi connectivity index (χ4v) is 4.35. The van der Waals surface area contributed by atoms with Gasteiger partial charge in [0.1, 0.15) is 5.65 Å². The molecule has 146 valence electrons. The maximum absolute atomic E-state index is 12.8. The lowest BCUT2D eigenvalue weighted by Gasteiger charge is -2.38. The molecule has 8 heteroatoms. The molecule has 3 aromatic rings. The molecule has 2 aliphatic rings. The van der Waals surface area contributed by atoms with E-state index in [0.717, 1.165) is 40.7 Å². The molecule has 2 fully saturated rings. The first-order valence-electron chi connectivity index (χ1n) is 9.74. The third-order valence-corrected chi connectivity index (χ3v) is 5.88. The van der Waals surface area contributed by atoms with Gasteiger partial charge in [-0.15, -0.1) is 0 Å². The van der Waals surface area contributed by atoms with E-state index >= 15 is 0 Å². The average Bonchev–Trinajstić information content (AvgIpc) is 3.33. The summed E-state index contributed by atoms with van der Waals surface area (Å²) in [5.41, 5.74) is 2.11. The van der Waals surface area contributed by atoms with Crippen molar-refractivity contribution < 1.29 is 9.90 Å². The first-order valence-corrected chi connectivity index (χ1v) is 9.74. The highest BCUT2D eigenvalue weighted by atomic mass is 16.3. The molecule has 0 radical (unpaired) electrons. The SMILES string of the molecule is CC1(O)CCN(C(=O)N2CCN(c3ccnc4cnc5[nH]ccc5c34)CC2)C1. The molecular formula is C20H24N6O2. The van der Waals surface area contributed by atoms with Gasteiger partial charge >= 0.3 is 6.03 Å². The van der Waals surface area contributed by atoms with Gasteiger partial charge in [-0.05, 0) is 25.5 Å². The lowest BCUT2D eigenvalue weighted by molar-refractivity contribution is 0.0686. The van der Waals surface area contributed by atoms with Crippen LogP contribution >= 0.6 is 0 Å². The summed E-state index contributed by atoms with van der Waals surface area (Å²) in [6.07, 6.45) is 6.16. The monoisotopic (exact) mass is 380 g/mol. The Morgan fingerprint density at radius 3 is 2.71 bits per heavy atom. The molecule has 8 nitrogen and oxygen atoms in total. The van der Waals surface area contributed by atoms with Crippen LogP contribution in [-0.4, -0.2) is 80.8 Å². The number of nitrogens with zero attached hydrogens (tertiary/aromatic N) is 5. The Bertz CT molecular complexity index is 1040. The van der Waals surface area contributed by atoms with Gasteiger partial charge in [-0.25, -0.2) is 9.78 Å². The van der Waals surface area contributed by atoms with Crippen LogP contribution in [0.2, 0.25) is 0 Å². The standard InChI is InChI=1S/C20H24N6O2/c1-20(28)4-7-26(13-20)19(27)25-10-8-24(9-11-25)16-3-6-21-15-12-23-18-14(17(15)16)2-5-22-18/h2-3,5-6,12,28H,4,7-11,13H2,1H3,(H,22,23). The second kappa shape index (κ2) is 6.34. The smallest absolute Gasteiger partial charge is 0.320 e. The molecule has 0 aromatic carbocycles. The van der Waals surface area contributed by atoms with Crippen molar-refractivity contribution in [1.29, 1.82) is 0 Å². The number of H-pyrrole nitrogens is 1. The number of urea groups is 1. The third kappa shape index (κ3) is 2.84. The number of piperazine rings is 1. The Morgan fingerprint density at radius 1 is 1.14 bits per heavy atom. The van der Waals surface area contributed by atoms with Gasteiger partial charge in [-0.1, -0.05) is 0 Å². The topological polar surface area (TPSA) is 88.6 Å². The molecule has 2 amide bonds. The first-order chi connectivity index (χ1) is 13.5. The number of rotatable bonds is 1. The maximum Gasteiger partial charge on any atom is 0.320 e. The molecule has 2 N–H and O–H groups in total. The summed E-state index contributed by atoms with van der Waals surface area (Å²) in [7, 11) is 0. The van der Waals surface area contributed by atoms with Crippen molar-refractivity contribution in [3.05, 3.63) is 30.7 Å². The second-order valence-corrected chi connectivity index (χ2v) is 8.01. The number of pyridine rings is 2. The van der Waals surface area contributed by atoms with E-state index in [2.05, 4.69) is 19.9 Å². The minimum atomic E-state index is -0.761. The summed E-state index contributed by atoms with van der Waals surface area (Å²) in [5, 5.41) is 12.3. The number of hydrogen-bond acceptors (Lipinski definition) is 5. The van der Waals surface area contributed by atoms with Crippen molar-refractivity contribution >= 4 is 33.7 Å². The van der Waals surface area contributed by atoms with E-state index in [1.54, 1.807) is 18.0 Å². The van der Waals surface area contributed by atoms with E-state index in [4.69, 9.17) is 0 Å². The normalized spacial score (nSPS) is 23.1. The molecule has 28 heavy (non-hydrogen) atoms. The molecule has 2 aliphatic heterocycles. The van der Waals surface area contributed by atoms with Crippen LogP contribution in [0.3, 0.4) is 0 Å². The van der Waals surface area contributed by atoms with Gasteiger partial charge in [0, 0.05) is 61.6 Å². The van der Waals surface area contributed by atoms with Crippen LogP contribution in [0.4, 0.5) is 10.5 Å². The zero-order valence-electron chi connectivity index (χ0n) is 15.9. The molecular weight excluding hydrogens is 356 g/mol. The van der Waals surface area contributed by atoms with E-state index in [1.165, 1.54) is 0 Å². The third-order valence-electron chi connectivity index (χ3n) is 5.88. The van der Waals surface area contributed by atoms with Crippen molar-refractivity contribution in [2.45, 2.75) is 18.9 Å². The van der Waals surface area contributed by atoms with Gasteiger partial charge in [-0.2, -0.15) is 0 Å². The summed E-state index contributed by atoms with van der Waals surface area (Å²) < 4.78 is 0. The molecule has 0 saturated carbocycles. The Balaban J connectivity index is 1.36. The van der Waals surface area contributed by atoms with E-state index in [0.29, 0.717) is 32.6 Å². The number of carbonyl (C=O) groups excluding carboxylic acids is 1. The van der Waals surface area contributed by atoms with Crippen LogP contribution in [0.25, 0.3) is 21.9 Å². The fraction of sp³-hybridized carbons (Fsp3) is 0.450. The second-order valence-electron chi connectivity index (χ2n) is 8.01. The van der Waals surface area contributed by atoms with Crippen molar-refractivity contribution in [2.75, 3.05) is 44.2 Å². The van der Waals surface area contributed by atoms with E-state index in [9.17, 15) is 9.90 Å². The number of nitrogens with one attached hydrogen (secondary N) is 1. The van der Waals surface area contributed by atoms with Crippen LogP contribution in [0.1, 0.15) is 13.3 Å². The first kappa shape index (κ1) is 17.2. The predicted molar refractivity (Wildman–Crippen MR) is 107 cm³/mol. The van der Waals surface area contributed by atoms with Crippen molar-refractivity contribution in [1.82, 2.24) is 24.8 Å². The number of anilines is 1. The minimum absolute atomic E-state index is 0.0363. The highest BCUT2D eigenvalue weighted by Gasteiger charge is 2.36. The molecule has 0 bridgehead atoms. The van der Waals surface area contributed by atoms with Crippen molar-refractivity contribution in [2.24, 2.45) is 0 Å². The van der Waals surface area contributed by atoms with Gasteiger partial charge in [0.25, 0.3) is 0 Å². The number of carbonyl (C=O) groups is 1. The fourth-order valence-electron chi connectivity index (χ4n) is 4.35. The number of aromatic nitrogens is 3. The van der Waals surface area contributed by atoms with E-state index < -0.39 is 5.60 Å². The summed E-state index contributed by atoms with van der Waals surface area (Å²) in [6.45, 7) is 5.71. The lowest BCUT2D eigenvalue weighted by Crippen LogP contribution is -2.53. The van der Waals surface area contributed by atoms with Gasteiger partial charge in [0.05, 0.1) is 23.9 Å². The maximum atomic E-state index is 12.8. The van der Waals surface area contributed by atoms with Gasteiger partial charge in [0.15, 0.2) is 0 Å². The van der Waals surface area contributed by atoms with Crippen molar-refractivity contribution in [3.8, 4) is 0 Å². The van der Waals surface area contributed by atoms with E-state index in [-0.39, 0.29) is 6.03 Å². The summed E-state index contributed by atoms with van der Waals surface area (Å²) in [6, 6.07) is 4.12. The zero-order chi connectivity index (χ0) is 19.3. The largest absolute Gasteiger partial charge is 0.388 e. The lowest BCUT2D eigenvalue weighted by atomic mass is 10.1. The van der Waals surface area contributed by atoms with Crippen LogP contribution in [0, 0.1) is 0 Å². The van der Waals surface area contributed by atoms with Gasteiger partial charge < -0.3 is 24.8 Å². The van der Waals surface area contributed by atoms with Crippen LogP contribution < -0.4 is 4.90 Å². The molecule has 2 saturated heterocycles. The van der Waals surface area contributed by atoms with Gasteiger partial charge in [-0.3, -0.25) is 4.98 Å². The number of amides is 2. The highest BCUT2D eigenvalue weighted by Crippen LogP contribution is 2.32. The minimum Gasteiger partial charge on any atom is -0.388 e. The van der Waals surface area contributed by atoms with E-state index in [1.807, 2.05) is 29.4 Å². The number of β-amino-alcohol motifs (C(OH)–C–C–N with tert-alkyl or cyclic N) is 1. The molecule has 0 aliphatic carbocycles. The molecule has 3 aromatic heterocycles. The van der Waals surface area contributed by atoms with Gasteiger partial charge in [0.2, 0.25) is 0 Å². The molecule has 0 spiro atoms. The Hall–Kier alpha value is -2.87.